The topological polar surface area (TPSA) is 69.8 Å². The molecule has 1 unspecified atom stereocenters. The van der Waals surface area contributed by atoms with Crippen LogP contribution in [0, 0.1) is 5.92 Å². The zero-order valence-electron chi connectivity index (χ0n) is 13.1. The third-order valence-corrected chi connectivity index (χ3v) is 3.72. The van der Waals surface area contributed by atoms with E-state index in [-0.39, 0.29) is 6.54 Å². The Bertz CT molecular complexity index is 436. The van der Waals surface area contributed by atoms with Crippen molar-refractivity contribution in [1.82, 2.24) is 10.6 Å². The molecule has 1 fully saturated rings. The highest BCUT2D eigenvalue weighted by atomic mass is 16.4. The summed E-state index contributed by atoms with van der Waals surface area (Å²) < 4.78 is 5.26. The second-order valence-electron chi connectivity index (χ2n) is 5.96. The number of aliphatic imine (C=N–C) groups is 1. The summed E-state index contributed by atoms with van der Waals surface area (Å²) in [6, 6.07) is 3.54. The van der Waals surface area contributed by atoms with Crippen LogP contribution < -0.4 is 10.6 Å². The van der Waals surface area contributed by atoms with Crippen LogP contribution in [0.4, 0.5) is 0 Å². The quantitative estimate of drug-likeness (QED) is 0.390. The maximum atomic E-state index is 10.4. The standard InChI is InChI=1S/C16H27N3O2/c1-3-17-15(18-10-4-6-13-8-9-13)19-12-16(2,20)14-7-5-11-21-14/h5,7,11,13,20H,3-4,6,8-10,12H2,1-2H3,(H2,17,18,19). The Labute approximate surface area is 126 Å². The predicted octanol–water partition coefficient (Wildman–Crippen LogP) is 2.23. The van der Waals surface area contributed by atoms with E-state index in [9.17, 15) is 5.11 Å². The lowest BCUT2D eigenvalue weighted by Gasteiger charge is -2.19. The van der Waals surface area contributed by atoms with Crippen LogP contribution in [0.3, 0.4) is 0 Å². The second-order valence-corrected chi connectivity index (χ2v) is 5.96. The van der Waals surface area contributed by atoms with Crippen molar-refractivity contribution in [2.24, 2.45) is 10.9 Å². The molecule has 1 aliphatic carbocycles. The van der Waals surface area contributed by atoms with Gasteiger partial charge < -0.3 is 20.2 Å². The number of nitrogens with zero attached hydrogens (tertiary/aromatic N) is 1. The maximum absolute atomic E-state index is 10.4. The molecule has 0 radical (unpaired) electrons. The number of furan rings is 1. The minimum Gasteiger partial charge on any atom is -0.466 e. The SMILES string of the molecule is CCNC(=NCC(C)(O)c1ccco1)NCCCC1CC1. The van der Waals surface area contributed by atoms with Gasteiger partial charge in [-0.15, -0.1) is 0 Å². The van der Waals surface area contributed by atoms with E-state index in [0.29, 0.717) is 5.76 Å². The van der Waals surface area contributed by atoms with Crippen molar-refractivity contribution in [3.8, 4) is 0 Å². The highest BCUT2D eigenvalue weighted by Gasteiger charge is 2.26. The van der Waals surface area contributed by atoms with Crippen LogP contribution in [0.1, 0.15) is 45.3 Å². The molecule has 5 nitrogen and oxygen atoms in total. The molecule has 0 amide bonds. The van der Waals surface area contributed by atoms with E-state index in [1.807, 2.05) is 6.92 Å². The molecule has 0 aliphatic heterocycles. The summed E-state index contributed by atoms with van der Waals surface area (Å²) in [5.74, 6) is 2.25. The van der Waals surface area contributed by atoms with Gasteiger partial charge in [-0.3, -0.25) is 0 Å². The molecule has 2 rings (SSSR count). The number of guanidine groups is 1. The van der Waals surface area contributed by atoms with E-state index < -0.39 is 5.60 Å². The molecule has 0 spiro atoms. The van der Waals surface area contributed by atoms with E-state index in [2.05, 4.69) is 15.6 Å². The Hall–Kier alpha value is -1.49. The van der Waals surface area contributed by atoms with Gasteiger partial charge in [-0.05, 0) is 44.7 Å². The molecule has 118 valence electrons. The average Bonchev–Trinajstić information content (AvgIpc) is 3.10. The first kappa shape index (κ1) is 15.9. The van der Waals surface area contributed by atoms with Gasteiger partial charge in [0.05, 0.1) is 12.8 Å². The molecule has 0 saturated heterocycles. The van der Waals surface area contributed by atoms with Crippen LogP contribution in [-0.2, 0) is 5.60 Å². The summed E-state index contributed by atoms with van der Waals surface area (Å²) in [6.07, 6.45) is 6.84. The Balaban J connectivity index is 1.80. The van der Waals surface area contributed by atoms with Crippen LogP contribution in [0.15, 0.2) is 27.8 Å². The van der Waals surface area contributed by atoms with E-state index in [0.717, 1.165) is 25.0 Å². The number of rotatable bonds is 8. The molecule has 0 aromatic carbocycles. The van der Waals surface area contributed by atoms with Crippen LogP contribution in [0.2, 0.25) is 0 Å². The van der Waals surface area contributed by atoms with Crippen molar-refractivity contribution < 1.29 is 9.52 Å². The summed E-state index contributed by atoms with van der Waals surface area (Å²) in [6.45, 7) is 5.74. The normalized spacial score (nSPS) is 18.3. The fourth-order valence-electron chi connectivity index (χ4n) is 2.24. The molecule has 3 N–H and O–H groups in total. The van der Waals surface area contributed by atoms with Crippen molar-refractivity contribution >= 4 is 5.96 Å². The smallest absolute Gasteiger partial charge is 0.191 e. The van der Waals surface area contributed by atoms with Gasteiger partial charge in [-0.2, -0.15) is 0 Å². The van der Waals surface area contributed by atoms with Crippen molar-refractivity contribution in [3.05, 3.63) is 24.2 Å². The van der Waals surface area contributed by atoms with Gasteiger partial charge in [0.25, 0.3) is 0 Å². The van der Waals surface area contributed by atoms with Crippen LogP contribution in [0.5, 0.6) is 0 Å². The molecule has 1 aromatic heterocycles. The number of aliphatic hydroxyl groups is 1. The van der Waals surface area contributed by atoms with Crippen LogP contribution >= 0.6 is 0 Å². The monoisotopic (exact) mass is 293 g/mol. The molecule has 1 aromatic rings. The third-order valence-electron chi connectivity index (χ3n) is 3.72. The average molecular weight is 293 g/mol. The van der Waals surface area contributed by atoms with Crippen molar-refractivity contribution in [3.63, 3.8) is 0 Å². The number of nitrogens with one attached hydrogen (secondary N) is 2. The van der Waals surface area contributed by atoms with Gasteiger partial charge in [0, 0.05) is 13.1 Å². The lowest BCUT2D eigenvalue weighted by atomic mass is 10.0. The maximum Gasteiger partial charge on any atom is 0.191 e. The first-order chi connectivity index (χ1) is 10.1. The van der Waals surface area contributed by atoms with Gasteiger partial charge in [0.1, 0.15) is 11.4 Å². The lowest BCUT2D eigenvalue weighted by molar-refractivity contribution is 0.0437. The van der Waals surface area contributed by atoms with Gasteiger partial charge in [-0.25, -0.2) is 4.99 Å². The van der Waals surface area contributed by atoms with Crippen molar-refractivity contribution in [1.29, 1.82) is 0 Å². The zero-order chi connectivity index (χ0) is 15.1. The Kier molecular flexibility index (Phi) is 5.67. The summed E-state index contributed by atoms with van der Waals surface area (Å²) in [4.78, 5) is 4.46. The van der Waals surface area contributed by atoms with Crippen LogP contribution in [-0.4, -0.2) is 30.7 Å². The Morgan fingerprint density at radius 3 is 2.90 bits per heavy atom. The van der Waals surface area contributed by atoms with Gasteiger partial charge in [0.15, 0.2) is 5.96 Å². The van der Waals surface area contributed by atoms with Crippen molar-refractivity contribution in [2.75, 3.05) is 19.6 Å². The molecule has 5 heteroatoms. The Morgan fingerprint density at radius 1 is 1.48 bits per heavy atom. The van der Waals surface area contributed by atoms with Crippen molar-refractivity contribution in [2.45, 2.75) is 45.1 Å². The highest BCUT2D eigenvalue weighted by molar-refractivity contribution is 5.79. The van der Waals surface area contributed by atoms with E-state index in [4.69, 9.17) is 4.42 Å². The molecule has 21 heavy (non-hydrogen) atoms. The third kappa shape index (κ3) is 5.42. The molecular formula is C16H27N3O2. The first-order valence-electron chi connectivity index (χ1n) is 7.90. The molecule has 1 saturated carbocycles. The molecule has 0 bridgehead atoms. The second kappa shape index (κ2) is 7.50. The Morgan fingerprint density at radius 2 is 2.29 bits per heavy atom. The highest BCUT2D eigenvalue weighted by Crippen LogP contribution is 2.33. The van der Waals surface area contributed by atoms with E-state index in [1.54, 1.807) is 25.3 Å². The minimum absolute atomic E-state index is 0.262. The summed E-state index contributed by atoms with van der Waals surface area (Å²) >= 11 is 0. The zero-order valence-corrected chi connectivity index (χ0v) is 13.1. The van der Waals surface area contributed by atoms with E-state index in [1.165, 1.54) is 25.7 Å². The lowest BCUT2D eigenvalue weighted by Crippen LogP contribution is -2.39. The fraction of sp³-hybridized carbons (Fsp3) is 0.688. The van der Waals surface area contributed by atoms with Gasteiger partial charge in [0.2, 0.25) is 0 Å². The number of hydrogen-bond acceptors (Lipinski definition) is 3. The molecule has 1 heterocycles. The minimum atomic E-state index is -1.08. The molecule has 1 aliphatic rings. The predicted molar refractivity (Wildman–Crippen MR) is 84.2 cm³/mol. The summed E-state index contributed by atoms with van der Waals surface area (Å²) in [7, 11) is 0. The van der Waals surface area contributed by atoms with E-state index >= 15 is 0 Å². The number of hydrogen-bond donors (Lipinski definition) is 3. The summed E-state index contributed by atoms with van der Waals surface area (Å²) in [5.41, 5.74) is -1.08. The molecular weight excluding hydrogens is 266 g/mol. The van der Waals surface area contributed by atoms with Gasteiger partial charge >= 0.3 is 0 Å². The summed E-state index contributed by atoms with van der Waals surface area (Å²) in [5, 5.41) is 16.9. The fourth-order valence-corrected chi connectivity index (χ4v) is 2.24. The first-order valence-corrected chi connectivity index (χ1v) is 7.90. The molecule has 1 atom stereocenters. The largest absolute Gasteiger partial charge is 0.466 e. The van der Waals surface area contributed by atoms with Gasteiger partial charge in [-0.1, -0.05) is 12.8 Å². The van der Waals surface area contributed by atoms with Crippen LogP contribution in [0.25, 0.3) is 0 Å².